The van der Waals surface area contributed by atoms with Crippen LogP contribution in [0, 0.1) is 11.6 Å². The Hall–Kier alpha value is -1.75. The first kappa shape index (κ1) is 14.7. The third kappa shape index (κ3) is 3.22. The first-order valence-electron chi connectivity index (χ1n) is 5.99. The normalized spacial score (nSPS) is 11.9. The van der Waals surface area contributed by atoms with Gasteiger partial charge >= 0.3 is 0 Å². The minimum Gasteiger partial charge on any atom is -0.344 e. The zero-order chi connectivity index (χ0) is 14.5. The topological polar surface area (TPSA) is 29.1 Å². The Balaban J connectivity index is 2.22. The largest absolute Gasteiger partial charge is 0.344 e. The fourth-order valence-electron chi connectivity index (χ4n) is 1.84. The molecule has 0 aliphatic rings. The molecule has 0 radical (unpaired) electrons. The van der Waals surface area contributed by atoms with Gasteiger partial charge in [-0.2, -0.15) is 0 Å². The summed E-state index contributed by atoms with van der Waals surface area (Å²) in [6.07, 6.45) is 0. The first-order chi connectivity index (χ1) is 9.63. The van der Waals surface area contributed by atoms with Gasteiger partial charge in [-0.3, -0.25) is 4.79 Å². The molecule has 0 fully saturated rings. The summed E-state index contributed by atoms with van der Waals surface area (Å²) in [5.74, 6) is -2.51. The van der Waals surface area contributed by atoms with Crippen LogP contribution < -0.4 is 5.32 Å². The zero-order valence-electron chi connectivity index (χ0n) is 10.4. The van der Waals surface area contributed by atoms with Gasteiger partial charge in [0.1, 0.15) is 17.2 Å². The summed E-state index contributed by atoms with van der Waals surface area (Å²) in [6, 6.07) is 12.2. The van der Waals surface area contributed by atoms with Gasteiger partial charge in [0.2, 0.25) is 0 Å². The number of rotatable bonds is 4. The van der Waals surface area contributed by atoms with Crippen molar-refractivity contribution in [3.63, 3.8) is 0 Å². The van der Waals surface area contributed by atoms with Crippen LogP contribution in [-0.4, -0.2) is 11.2 Å². The van der Waals surface area contributed by atoms with Gasteiger partial charge in [-0.05, 0) is 17.7 Å². The van der Waals surface area contributed by atoms with E-state index in [1.54, 1.807) is 0 Å². The minimum absolute atomic E-state index is 0.359. The molecule has 2 nitrogen and oxygen atoms in total. The van der Waals surface area contributed by atoms with Gasteiger partial charge in [-0.15, -0.1) is 0 Å². The van der Waals surface area contributed by atoms with Crippen LogP contribution >= 0.6 is 15.9 Å². The minimum atomic E-state index is -0.871. The number of nitrogens with one attached hydrogen (secondary N) is 1. The molecule has 1 amide bonds. The summed E-state index contributed by atoms with van der Waals surface area (Å²) in [5.41, 5.74) is 0.295. The number of amides is 1. The van der Waals surface area contributed by atoms with E-state index in [1.165, 1.54) is 6.07 Å². The maximum Gasteiger partial charge on any atom is 0.257 e. The summed E-state index contributed by atoms with van der Waals surface area (Å²) in [5, 5.41) is 3.06. The molecule has 0 saturated heterocycles. The highest BCUT2D eigenvalue weighted by molar-refractivity contribution is 9.09. The van der Waals surface area contributed by atoms with E-state index in [0.29, 0.717) is 5.33 Å². The van der Waals surface area contributed by atoms with Crippen molar-refractivity contribution in [3.05, 3.63) is 71.3 Å². The third-order valence-electron chi connectivity index (χ3n) is 2.85. The second kappa shape index (κ2) is 6.61. The van der Waals surface area contributed by atoms with Crippen LogP contribution in [-0.2, 0) is 0 Å². The van der Waals surface area contributed by atoms with Crippen LogP contribution in [0.15, 0.2) is 48.5 Å². The summed E-state index contributed by atoms with van der Waals surface area (Å²) >= 11 is 3.29. The molecule has 2 aromatic carbocycles. The molecule has 2 rings (SSSR count). The predicted molar refractivity (Wildman–Crippen MR) is 76.8 cm³/mol. The van der Waals surface area contributed by atoms with E-state index in [4.69, 9.17) is 0 Å². The number of hydrogen-bond acceptors (Lipinski definition) is 1. The quantitative estimate of drug-likeness (QED) is 0.842. The standard InChI is InChI=1S/C15H12BrF2NO/c16-9-13(10-5-2-1-3-6-10)19-15(20)14-11(17)7-4-8-12(14)18/h1-8,13H,9H2,(H,19,20). The van der Waals surface area contributed by atoms with Crippen LogP contribution in [0.1, 0.15) is 22.0 Å². The molecule has 0 spiro atoms. The highest BCUT2D eigenvalue weighted by atomic mass is 79.9. The molecule has 0 aliphatic carbocycles. The number of alkyl halides is 1. The lowest BCUT2D eigenvalue weighted by Crippen LogP contribution is -2.30. The third-order valence-corrected chi connectivity index (χ3v) is 3.50. The smallest absolute Gasteiger partial charge is 0.257 e. The van der Waals surface area contributed by atoms with Crippen molar-refractivity contribution in [2.75, 3.05) is 5.33 Å². The van der Waals surface area contributed by atoms with Crippen molar-refractivity contribution >= 4 is 21.8 Å². The maximum atomic E-state index is 13.5. The van der Waals surface area contributed by atoms with Crippen molar-refractivity contribution in [3.8, 4) is 0 Å². The van der Waals surface area contributed by atoms with Gasteiger partial charge in [-0.25, -0.2) is 8.78 Å². The van der Waals surface area contributed by atoms with Crippen LogP contribution in [0.2, 0.25) is 0 Å². The molecule has 0 aliphatic heterocycles. The Morgan fingerprint density at radius 2 is 1.65 bits per heavy atom. The van der Waals surface area contributed by atoms with Gasteiger partial charge in [0.15, 0.2) is 0 Å². The summed E-state index contributed by atoms with van der Waals surface area (Å²) in [7, 11) is 0. The second-order valence-electron chi connectivity index (χ2n) is 4.19. The molecule has 20 heavy (non-hydrogen) atoms. The van der Waals surface area contributed by atoms with Crippen LogP contribution in [0.25, 0.3) is 0 Å². The SMILES string of the molecule is O=C(NC(CBr)c1ccccc1)c1c(F)cccc1F. The first-order valence-corrected chi connectivity index (χ1v) is 7.11. The highest BCUT2D eigenvalue weighted by Gasteiger charge is 2.20. The van der Waals surface area contributed by atoms with E-state index < -0.39 is 23.1 Å². The number of carbonyl (C=O) groups excluding carboxylic acids is 1. The molecular formula is C15H12BrF2NO. The van der Waals surface area contributed by atoms with Crippen molar-refractivity contribution in [2.45, 2.75) is 6.04 Å². The van der Waals surface area contributed by atoms with Gasteiger partial charge in [-0.1, -0.05) is 52.3 Å². The number of carbonyl (C=O) groups is 1. The Kier molecular flexibility index (Phi) is 4.84. The zero-order valence-corrected chi connectivity index (χ0v) is 12.0. The lowest BCUT2D eigenvalue weighted by Gasteiger charge is -2.17. The van der Waals surface area contributed by atoms with E-state index in [1.807, 2.05) is 30.3 Å². The van der Waals surface area contributed by atoms with E-state index in [2.05, 4.69) is 21.2 Å². The molecule has 1 N–H and O–H groups in total. The molecule has 2 aromatic rings. The molecule has 5 heteroatoms. The fraction of sp³-hybridized carbons (Fsp3) is 0.133. The van der Waals surface area contributed by atoms with Crippen molar-refractivity contribution in [1.82, 2.24) is 5.32 Å². The van der Waals surface area contributed by atoms with Crippen LogP contribution in [0.3, 0.4) is 0 Å². The Morgan fingerprint density at radius 1 is 1.05 bits per heavy atom. The van der Waals surface area contributed by atoms with Gasteiger partial charge in [0.05, 0.1) is 6.04 Å². The highest BCUT2D eigenvalue weighted by Crippen LogP contribution is 2.18. The van der Waals surface area contributed by atoms with Gasteiger partial charge in [0.25, 0.3) is 5.91 Å². The van der Waals surface area contributed by atoms with E-state index in [9.17, 15) is 13.6 Å². The number of hydrogen-bond donors (Lipinski definition) is 1. The summed E-state index contributed by atoms with van der Waals surface area (Å²) in [6.45, 7) is 0. The Bertz CT molecular complexity index is 584. The van der Waals surface area contributed by atoms with E-state index in [-0.39, 0.29) is 6.04 Å². The fourth-order valence-corrected chi connectivity index (χ4v) is 2.38. The van der Waals surface area contributed by atoms with E-state index >= 15 is 0 Å². The number of benzene rings is 2. The average molecular weight is 340 g/mol. The predicted octanol–water partition coefficient (Wildman–Crippen LogP) is 3.83. The monoisotopic (exact) mass is 339 g/mol. The Morgan fingerprint density at radius 3 is 2.20 bits per heavy atom. The van der Waals surface area contributed by atoms with Crippen molar-refractivity contribution < 1.29 is 13.6 Å². The molecule has 104 valence electrons. The molecule has 1 unspecified atom stereocenters. The lowest BCUT2D eigenvalue weighted by molar-refractivity contribution is 0.0932. The Labute approximate surface area is 123 Å². The van der Waals surface area contributed by atoms with Gasteiger partial charge < -0.3 is 5.32 Å². The summed E-state index contributed by atoms with van der Waals surface area (Å²) < 4.78 is 27.1. The summed E-state index contributed by atoms with van der Waals surface area (Å²) in [4.78, 5) is 12.0. The number of halogens is 3. The van der Waals surface area contributed by atoms with Crippen molar-refractivity contribution in [2.24, 2.45) is 0 Å². The van der Waals surface area contributed by atoms with Gasteiger partial charge in [0, 0.05) is 5.33 Å². The van der Waals surface area contributed by atoms with Crippen LogP contribution in [0.5, 0.6) is 0 Å². The maximum absolute atomic E-state index is 13.5. The molecule has 0 saturated carbocycles. The molecule has 0 aromatic heterocycles. The molecule has 0 bridgehead atoms. The molecule has 0 heterocycles. The lowest BCUT2D eigenvalue weighted by atomic mass is 10.1. The average Bonchev–Trinajstić information content (AvgIpc) is 2.45. The van der Waals surface area contributed by atoms with E-state index in [0.717, 1.165) is 17.7 Å². The molecule has 1 atom stereocenters. The second-order valence-corrected chi connectivity index (χ2v) is 4.84. The van der Waals surface area contributed by atoms with Crippen LogP contribution in [0.4, 0.5) is 8.78 Å². The van der Waals surface area contributed by atoms with Crippen molar-refractivity contribution in [1.29, 1.82) is 0 Å². The molecular weight excluding hydrogens is 328 g/mol.